The van der Waals surface area contributed by atoms with Crippen LogP contribution in [0.1, 0.15) is 27.7 Å². The molecule has 0 aromatic rings. The number of rotatable bonds is 4. The van der Waals surface area contributed by atoms with Crippen molar-refractivity contribution in [3.63, 3.8) is 0 Å². The van der Waals surface area contributed by atoms with E-state index in [2.05, 4.69) is 13.8 Å². The highest BCUT2D eigenvalue weighted by Gasteiger charge is 2.07. The van der Waals surface area contributed by atoms with Crippen LogP contribution in [0.3, 0.4) is 0 Å². The first kappa shape index (κ1) is 10.0. The van der Waals surface area contributed by atoms with Crippen LogP contribution in [0.4, 0.5) is 0 Å². The molecule has 0 saturated heterocycles. The summed E-state index contributed by atoms with van der Waals surface area (Å²) in [6.07, 6.45) is 0. The van der Waals surface area contributed by atoms with Crippen molar-refractivity contribution in [1.82, 2.24) is 0 Å². The summed E-state index contributed by atoms with van der Waals surface area (Å²) >= 11 is 1.85. The van der Waals surface area contributed by atoms with Gasteiger partial charge < -0.3 is 0 Å². The number of ketones is 1. The van der Waals surface area contributed by atoms with Gasteiger partial charge in [0.2, 0.25) is 0 Å². The van der Waals surface area contributed by atoms with Crippen molar-refractivity contribution >= 4 is 17.5 Å². The highest BCUT2D eigenvalue weighted by molar-refractivity contribution is 7.99. The Hall–Kier alpha value is 0.0200. The normalized spacial score (nSPS) is 13.7. The van der Waals surface area contributed by atoms with Crippen LogP contribution in [0.5, 0.6) is 0 Å². The Morgan fingerprint density at radius 1 is 1.40 bits per heavy atom. The van der Waals surface area contributed by atoms with E-state index >= 15 is 0 Å². The number of carbonyl (C=O) groups excluding carboxylic acids is 1. The standard InChI is InChI=1S/C8H16OS/c1-6(2)10-5-7(3)8(4)9/h6-7H,5H2,1-4H3. The topological polar surface area (TPSA) is 17.1 Å². The summed E-state index contributed by atoms with van der Waals surface area (Å²) in [6.45, 7) is 7.94. The van der Waals surface area contributed by atoms with Crippen LogP contribution in [0.25, 0.3) is 0 Å². The van der Waals surface area contributed by atoms with Crippen LogP contribution in [-0.4, -0.2) is 16.8 Å². The molecule has 0 aliphatic heterocycles. The highest BCUT2D eigenvalue weighted by Crippen LogP contribution is 2.14. The molecule has 0 fully saturated rings. The maximum absolute atomic E-state index is 10.7. The molecule has 2 heteroatoms. The zero-order chi connectivity index (χ0) is 8.15. The quantitative estimate of drug-likeness (QED) is 0.628. The number of hydrogen-bond donors (Lipinski definition) is 0. The number of thioether (sulfide) groups is 1. The predicted octanol–water partition coefficient (Wildman–Crippen LogP) is 2.35. The van der Waals surface area contributed by atoms with Gasteiger partial charge in [-0.3, -0.25) is 4.79 Å². The molecule has 0 aliphatic rings. The van der Waals surface area contributed by atoms with Crippen molar-refractivity contribution in [2.75, 3.05) is 5.75 Å². The van der Waals surface area contributed by atoms with Crippen molar-refractivity contribution in [2.24, 2.45) is 5.92 Å². The third-order valence-electron chi connectivity index (χ3n) is 1.37. The summed E-state index contributed by atoms with van der Waals surface area (Å²) < 4.78 is 0. The van der Waals surface area contributed by atoms with Gasteiger partial charge in [0.1, 0.15) is 5.78 Å². The highest BCUT2D eigenvalue weighted by atomic mass is 32.2. The van der Waals surface area contributed by atoms with Gasteiger partial charge >= 0.3 is 0 Å². The van der Waals surface area contributed by atoms with E-state index in [1.807, 2.05) is 18.7 Å². The van der Waals surface area contributed by atoms with Crippen LogP contribution in [0, 0.1) is 5.92 Å². The number of carbonyl (C=O) groups is 1. The van der Waals surface area contributed by atoms with E-state index in [-0.39, 0.29) is 5.92 Å². The van der Waals surface area contributed by atoms with Gasteiger partial charge in [-0.05, 0) is 12.2 Å². The van der Waals surface area contributed by atoms with E-state index < -0.39 is 0 Å². The number of Topliss-reactive ketones (excluding diaryl/α,β-unsaturated/α-hetero) is 1. The van der Waals surface area contributed by atoms with Gasteiger partial charge in [0.05, 0.1) is 0 Å². The molecule has 0 amide bonds. The first-order valence-corrected chi connectivity index (χ1v) is 4.71. The first-order valence-electron chi connectivity index (χ1n) is 3.66. The van der Waals surface area contributed by atoms with E-state index in [4.69, 9.17) is 0 Å². The van der Waals surface area contributed by atoms with Crippen LogP contribution < -0.4 is 0 Å². The lowest BCUT2D eigenvalue weighted by atomic mass is 10.1. The fourth-order valence-electron chi connectivity index (χ4n) is 0.454. The van der Waals surface area contributed by atoms with Crippen molar-refractivity contribution < 1.29 is 4.79 Å². The molecule has 0 N–H and O–H groups in total. The minimum Gasteiger partial charge on any atom is -0.300 e. The molecule has 0 radical (unpaired) electrons. The van der Waals surface area contributed by atoms with Gasteiger partial charge in [0.15, 0.2) is 0 Å². The molecular weight excluding hydrogens is 144 g/mol. The Balaban J connectivity index is 3.40. The molecule has 1 nitrogen and oxygen atoms in total. The van der Waals surface area contributed by atoms with E-state index in [1.54, 1.807) is 6.92 Å². The maximum atomic E-state index is 10.7. The van der Waals surface area contributed by atoms with Gasteiger partial charge in [-0.2, -0.15) is 11.8 Å². The van der Waals surface area contributed by atoms with Crippen LogP contribution >= 0.6 is 11.8 Å². The second-order valence-corrected chi connectivity index (χ2v) is 4.50. The zero-order valence-corrected chi connectivity index (χ0v) is 7.99. The van der Waals surface area contributed by atoms with E-state index in [1.165, 1.54) is 0 Å². The van der Waals surface area contributed by atoms with Gasteiger partial charge in [0.25, 0.3) is 0 Å². The largest absolute Gasteiger partial charge is 0.300 e. The fraction of sp³-hybridized carbons (Fsp3) is 0.875. The van der Waals surface area contributed by atoms with Crippen molar-refractivity contribution in [2.45, 2.75) is 32.9 Å². The Morgan fingerprint density at radius 2 is 1.90 bits per heavy atom. The predicted molar refractivity (Wildman–Crippen MR) is 47.4 cm³/mol. The minimum absolute atomic E-state index is 0.229. The molecule has 1 atom stereocenters. The molecule has 0 aromatic heterocycles. The second kappa shape index (κ2) is 4.78. The van der Waals surface area contributed by atoms with Gasteiger partial charge in [-0.1, -0.05) is 20.8 Å². The Bertz CT molecular complexity index is 110. The van der Waals surface area contributed by atoms with Crippen LogP contribution in [-0.2, 0) is 4.79 Å². The Labute approximate surface area is 67.6 Å². The summed E-state index contributed by atoms with van der Waals surface area (Å²) in [5, 5.41) is 0.641. The lowest BCUT2D eigenvalue weighted by Gasteiger charge is -2.08. The van der Waals surface area contributed by atoms with Gasteiger partial charge in [0, 0.05) is 11.7 Å². The van der Waals surface area contributed by atoms with Gasteiger partial charge in [-0.25, -0.2) is 0 Å². The molecule has 60 valence electrons. The molecule has 1 unspecified atom stereocenters. The lowest BCUT2D eigenvalue weighted by Crippen LogP contribution is -2.10. The maximum Gasteiger partial charge on any atom is 0.133 e. The molecule has 0 rings (SSSR count). The summed E-state index contributed by atoms with van der Waals surface area (Å²) in [5.41, 5.74) is 0. The average molecular weight is 160 g/mol. The van der Waals surface area contributed by atoms with E-state index in [9.17, 15) is 4.79 Å². The van der Waals surface area contributed by atoms with Crippen molar-refractivity contribution in [3.05, 3.63) is 0 Å². The molecule has 0 heterocycles. The molecule has 0 aromatic carbocycles. The summed E-state index contributed by atoms with van der Waals surface area (Å²) in [5.74, 6) is 1.49. The van der Waals surface area contributed by atoms with Crippen LogP contribution in [0.15, 0.2) is 0 Å². The Morgan fingerprint density at radius 3 is 2.20 bits per heavy atom. The summed E-state index contributed by atoms with van der Waals surface area (Å²) in [7, 11) is 0. The number of hydrogen-bond acceptors (Lipinski definition) is 2. The van der Waals surface area contributed by atoms with Gasteiger partial charge in [-0.15, -0.1) is 0 Å². The molecule has 0 aliphatic carbocycles. The van der Waals surface area contributed by atoms with Crippen molar-refractivity contribution in [3.8, 4) is 0 Å². The SMILES string of the molecule is CC(=O)C(C)CSC(C)C. The molecule has 10 heavy (non-hydrogen) atoms. The summed E-state index contributed by atoms with van der Waals surface area (Å²) in [4.78, 5) is 10.7. The first-order chi connectivity index (χ1) is 4.54. The van der Waals surface area contributed by atoms with Crippen LogP contribution in [0.2, 0.25) is 0 Å². The Kier molecular flexibility index (Phi) is 4.79. The molecular formula is C8H16OS. The molecule has 0 spiro atoms. The minimum atomic E-state index is 0.229. The van der Waals surface area contributed by atoms with E-state index in [0.717, 1.165) is 5.75 Å². The third-order valence-corrected chi connectivity index (χ3v) is 2.73. The third kappa shape index (κ3) is 4.86. The average Bonchev–Trinajstić information content (AvgIpc) is 1.82. The summed E-state index contributed by atoms with van der Waals surface area (Å²) in [6, 6.07) is 0. The van der Waals surface area contributed by atoms with E-state index in [0.29, 0.717) is 11.0 Å². The smallest absolute Gasteiger partial charge is 0.133 e. The molecule has 0 bridgehead atoms. The lowest BCUT2D eigenvalue weighted by molar-refractivity contribution is -0.119. The second-order valence-electron chi connectivity index (χ2n) is 2.89. The zero-order valence-electron chi connectivity index (χ0n) is 7.18. The van der Waals surface area contributed by atoms with Crippen molar-refractivity contribution in [1.29, 1.82) is 0 Å². The monoisotopic (exact) mass is 160 g/mol. The molecule has 0 saturated carbocycles. The fourth-order valence-corrected chi connectivity index (χ4v) is 1.36.